The van der Waals surface area contributed by atoms with Gasteiger partial charge in [0, 0.05) is 17.6 Å². The van der Waals surface area contributed by atoms with Crippen molar-refractivity contribution in [2.75, 3.05) is 6.54 Å². The minimum atomic E-state index is -0.165. The molecule has 3 N–H and O–H groups in total. The molecular formula is C14H22N2O. The molecule has 3 heteroatoms. The molecule has 1 rings (SSSR count). The quantitative estimate of drug-likeness (QED) is 0.819. The Balaban J connectivity index is 2.69. The van der Waals surface area contributed by atoms with Gasteiger partial charge in [-0.15, -0.1) is 0 Å². The van der Waals surface area contributed by atoms with Gasteiger partial charge >= 0.3 is 0 Å². The van der Waals surface area contributed by atoms with Crippen LogP contribution in [0.15, 0.2) is 24.3 Å². The van der Waals surface area contributed by atoms with Crippen molar-refractivity contribution in [2.24, 2.45) is 5.73 Å². The molecule has 0 spiro atoms. The molecule has 1 amide bonds. The maximum atomic E-state index is 11.7. The third-order valence-corrected chi connectivity index (χ3v) is 2.58. The van der Waals surface area contributed by atoms with Crippen LogP contribution in [0.25, 0.3) is 0 Å². The maximum absolute atomic E-state index is 11.7. The van der Waals surface area contributed by atoms with Crippen LogP contribution in [0.2, 0.25) is 0 Å². The van der Waals surface area contributed by atoms with Crippen molar-refractivity contribution in [3.63, 3.8) is 0 Å². The summed E-state index contributed by atoms with van der Waals surface area (Å²) in [6, 6.07) is 7.73. The largest absolute Gasteiger partial charge is 0.352 e. The van der Waals surface area contributed by atoms with Crippen molar-refractivity contribution in [1.29, 1.82) is 0 Å². The standard InChI is InChI=1S/C14H22N2O/c1-4-16-13(17)12-7-5-6-11(10-12)8-9-14(2,3)15/h5-7,10H,4,8-9,15H2,1-3H3,(H,16,17). The van der Waals surface area contributed by atoms with Gasteiger partial charge in [0.2, 0.25) is 0 Å². The molecule has 1 aromatic rings. The zero-order valence-corrected chi connectivity index (χ0v) is 10.9. The van der Waals surface area contributed by atoms with Crippen LogP contribution in [-0.4, -0.2) is 18.0 Å². The van der Waals surface area contributed by atoms with Gasteiger partial charge in [0.1, 0.15) is 0 Å². The maximum Gasteiger partial charge on any atom is 0.251 e. The van der Waals surface area contributed by atoms with Crippen LogP contribution in [0.5, 0.6) is 0 Å². The molecule has 0 bridgehead atoms. The highest BCUT2D eigenvalue weighted by Gasteiger charge is 2.11. The van der Waals surface area contributed by atoms with E-state index in [9.17, 15) is 4.79 Å². The molecule has 0 aliphatic rings. The molecule has 94 valence electrons. The average molecular weight is 234 g/mol. The van der Waals surface area contributed by atoms with Gasteiger partial charge in [-0.2, -0.15) is 0 Å². The predicted molar refractivity (Wildman–Crippen MR) is 71.0 cm³/mol. The molecule has 0 saturated carbocycles. The van der Waals surface area contributed by atoms with Crippen molar-refractivity contribution in [3.8, 4) is 0 Å². The molecule has 0 radical (unpaired) electrons. The number of rotatable bonds is 5. The van der Waals surface area contributed by atoms with Gasteiger partial charge in [-0.25, -0.2) is 0 Å². The van der Waals surface area contributed by atoms with Crippen LogP contribution in [0.3, 0.4) is 0 Å². The van der Waals surface area contributed by atoms with E-state index < -0.39 is 0 Å². The summed E-state index contributed by atoms with van der Waals surface area (Å²) in [7, 11) is 0. The summed E-state index contributed by atoms with van der Waals surface area (Å²) in [6.07, 6.45) is 1.81. The number of hydrogen-bond donors (Lipinski definition) is 2. The summed E-state index contributed by atoms with van der Waals surface area (Å²) in [5.74, 6) is -0.0126. The first-order valence-electron chi connectivity index (χ1n) is 6.08. The number of amides is 1. The zero-order chi connectivity index (χ0) is 12.9. The van der Waals surface area contributed by atoms with E-state index in [4.69, 9.17) is 5.73 Å². The fourth-order valence-corrected chi connectivity index (χ4v) is 1.60. The van der Waals surface area contributed by atoms with Gasteiger partial charge in [0.05, 0.1) is 0 Å². The second-order valence-corrected chi connectivity index (χ2v) is 5.05. The van der Waals surface area contributed by atoms with E-state index in [0.29, 0.717) is 6.54 Å². The molecule has 0 atom stereocenters. The zero-order valence-electron chi connectivity index (χ0n) is 10.9. The Morgan fingerprint density at radius 3 is 2.71 bits per heavy atom. The van der Waals surface area contributed by atoms with Crippen molar-refractivity contribution in [3.05, 3.63) is 35.4 Å². The number of nitrogens with one attached hydrogen (secondary N) is 1. The first-order chi connectivity index (χ1) is 7.92. The topological polar surface area (TPSA) is 55.1 Å². The van der Waals surface area contributed by atoms with E-state index in [2.05, 4.69) is 5.32 Å². The van der Waals surface area contributed by atoms with Crippen LogP contribution in [0.1, 0.15) is 43.1 Å². The minimum absolute atomic E-state index is 0.0126. The number of carbonyl (C=O) groups is 1. The molecule has 0 heterocycles. The normalized spacial score (nSPS) is 11.3. The number of nitrogens with two attached hydrogens (primary N) is 1. The molecule has 0 aliphatic carbocycles. The highest BCUT2D eigenvalue weighted by atomic mass is 16.1. The lowest BCUT2D eigenvalue weighted by Crippen LogP contribution is -2.32. The predicted octanol–water partition coefficient (Wildman–Crippen LogP) is 2.11. The number of hydrogen-bond acceptors (Lipinski definition) is 2. The summed E-state index contributed by atoms with van der Waals surface area (Å²) < 4.78 is 0. The Labute approximate surface area is 103 Å². The van der Waals surface area contributed by atoms with Crippen LogP contribution in [-0.2, 0) is 6.42 Å². The van der Waals surface area contributed by atoms with E-state index in [1.165, 1.54) is 0 Å². The van der Waals surface area contributed by atoms with Crippen LogP contribution in [0.4, 0.5) is 0 Å². The van der Waals surface area contributed by atoms with E-state index in [1.54, 1.807) is 0 Å². The van der Waals surface area contributed by atoms with Gasteiger partial charge in [-0.1, -0.05) is 12.1 Å². The fourth-order valence-electron chi connectivity index (χ4n) is 1.60. The highest BCUT2D eigenvalue weighted by molar-refractivity contribution is 5.94. The van der Waals surface area contributed by atoms with Crippen molar-refractivity contribution < 1.29 is 4.79 Å². The SMILES string of the molecule is CCNC(=O)c1cccc(CCC(C)(C)N)c1. The van der Waals surface area contributed by atoms with Crippen molar-refractivity contribution >= 4 is 5.91 Å². The number of aryl methyl sites for hydroxylation is 1. The highest BCUT2D eigenvalue weighted by Crippen LogP contribution is 2.12. The molecule has 0 aliphatic heterocycles. The van der Waals surface area contributed by atoms with Crippen LogP contribution < -0.4 is 11.1 Å². The number of carbonyl (C=O) groups excluding carboxylic acids is 1. The summed E-state index contributed by atoms with van der Waals surface area (Å²) in [4.78, 5) is 11.7. The Morgan fingerprint density at radius 2 is 2.12 bits per heavy atom. The molecule has 17 heavy (non-hydrogen) atoms. The molecule has 0 aromatic heterocycles. The lowest BCUT2D eigenvalue weighted by molar-refractivity contribution is 0.0955. The summed E-state index contributed by atoms with van der Waals surface area (Å²) >= 11 is 0. The van der Waals surface area contributed by atoms with E-state index in [1.807, 2.05) is 45.0 Å². The Bertz CT molecular complexity index is 380. The molecular weight excluding hydrogens is 212 g/mol. The lowest BCUT2D eigenvalue weighted by Gasteiger charge is -2.18. The van der Waals surface area contributed by atoms with Crippen LogP contribution in [0, 0.1) is 0 Å². The van der Waals surface area contributed by atoms with Crippen molar-refractivity contribution in [2.45, 2.75) is 39.2 Å². The molecule has 3 nitrogen and oxygen atoms in total. The molecule has 0 fully saturated rings. The van der Waals surface area contributed by atoms with E-state index >= 15 is 0 Å². The average Bonchev–Trinajstić information content (AvgIpc) is 2.26. The van der Waals surface area contributed by atoms with Gasteiger partial charge in [0.25, 0.3) is 5.91 Å². The molecule has 0 saturated heterocycles. The summed E-state index contributed by atoms with van der Waals surface area (Å²) in [6.45, 7) is 6.60. The van der Waals surface area contributed by atoms with Gasteiger partial charge in [-0.3, -0.25) is 4.79 Å². The monoisotopic (exact) mass is 234 g/mol. The van der Waals surface area contributed by atoms with Crippen molar-refractivity contribution in [1.82, 2.24) is 5.32 Å². The Kier molecular flexibility index (Phi) is 4.70. The third kappa shape index (κ3) is 5.00. The van der Waals surface area contributed by atoms with Gasteiger partial charge < -0.3 is 11.1 Å². The second-order valence-electron chi connectivity index (χ2n) is 5.05. The summed E-state index contributed by atoms with van der Waals surface area (Å²) in [5.41, 5.74) is 7.67. The van der Waals surface area contributed by atoms with Crippen LogP contribution >= 0.6 is 0 Å². The van der Waals surface area contributed by atoms with E-state index in [0.717, 1.165) is 24.0 Å². The summed E-state index contributed by atoms with van der Waals surface area (Å²) in [5, 5.41) is 2.80. The molecule has 0 unspecified atom stereocenters. The van der Waals surface area contributed by atoms with E-state index in [-0.39, 0.29) is 11.4 Å². The van der Waals surface area contributed by atoms with Gasteiger partial charge in [0.15, 0.2) is 0 Å². The van der Waals surface area contributed by atoms with Gasteiger partial charge in [-0.05, 0) is 51.3 Å². The second kappa shape index (κ2) is 5.82. The fraction of sp³-hybridized carbons (Fsp3) is 0.500. The Morgan fingerprint density at radius 1 is 1.41 bits per heavy atom. The minimum Gasteiger partial charge on any atom is -0.352 e. The first-order valence-corrected chi connectivity index (χ1v) is 6.08. The Hall–Kier alpha value is -1.35. The first kappa shape index (κ1) is 13.7. The lowest BCUT2D eigenvalue weighted by atomic mass is 9.96. The smallest absolute Gasteiger partial charge is 0.251 e. The number of benzene rings is 1. The molecule has 1 aromatic carbocycles. The third-order valence-electron chi connectivity index (χ3n) is 2.58.